The maximum atomic E-state index is 14.7. The van der Waals surface area contributed by atoms with Gasteiger partial charge in [-0.3, -0.25) is 0 Å². The lowest BCUT2D eigenvalue weighted by molar-refractivity contribution is 0.563. The summed E-state index contributed by atoms with van der Waals surface area (Å²) in [5.74, 6) is 0.683. The van der Waals surface area contributed by atoms with Gasteiger partial charge in [0.15, 0.2) is 5.82 Å². The Morgan fingerprint density at radius 3 is 1.71 bits per heavy atom. The summed E-state index contributed by atoms with van der Waals surface area (Å²) in [6.07, 6.45) is 13.1. The smallest absolute Gasteiger partial charge is 0.151 e. The van der Waals surface area contributed by atoms with Crippen molar-refractivity contribution in [3.8, 4) is 9.75 Å². The Bertz CT molecular complexity index is 731. The molecule has 2 aromatic rings. The number of hydrogen-bond donors (Lipinski definition) is 0. The minimum absolute atomic E-state index is 0.108. The number of halogens is 2. The standard InChI is InChI=1S/C23H34F2S3/c1-5-6-7-8-9-10-11-12-13-14-15-26-22-20(25)18(4)28-23(22)21-16(2)19(24)17(3)27-21/h5-15H2,1-4H3. The predicted octanol–water partition coefficient (Wildman–Crippen LogP) is 9.69. The first-order chi connectivity index (χ1) is 13.5. The highest BCUT2D eigenvalue weighted by Gasteiger charge is 2.22. The molecule has 0 amide bonds. The average Bonchev–Trinajstić information content (AvgIpc) is 3.10. The molecule has 158 valence electrons. The zero-order chi connectivity index (χ0) is 20.5. The fraction of sp³-hybridized carbons (Fsp3) is 0.652. The molecule has 2 heterocycles. The summed E-state index contributed by atoms with van der Waals surface area (Å²) in [7, 11) is 0. The molecule has 0 saturated carbocycles. The van der Waals surface area contributed by atoms with Crippen LogP contribution in [0.5, 0.6) is 0 Å². The van der Waals surface area contributed by atoms with Crippen LogP contribution in [0, 0.1) is 32.4 Å². The van der Waals surface area contributed by atoms with Crippen LogP contribution in [0.1, 0.15) is 86.4 Å². The Labute approximate surface area is 182 Å². The van der Waals surface area contributed by atoms with Crippen molar-refractivity contribution in [2.45, 2.75) is 96.8 Å². The number of thioether (sulfide) groups is 1. The summed E-state index contributed by atoms with van der Waals surface area (Å²) in [5, 5.41) is 0. The molecule has 0 spiro atoms. The van der Waals surface area contributed by atoms with Crippen molar-refractivity contribution in [2.24, 2.45) is 0 Å². The molecule has 2 aromatic heterocycles. The molecule has 0 aliphatic rings. The van der Waals surface area contributed by atoms with Crippen molar-refractivity contribution < 1.29 is 8.78 Å². The van der Waals surface area contributed by atoms with E-state index >= 15 is 0 Å². The first-order valence-corrected chi connectivity index (χ1v) is 13.3. The van der Waals surface area contributed by atoms with E-state index in [0.717, 1.165) is 26.8 Å². The van der Waals surface area contributed by atoms with E-state index in [1.54, 1.807) is 25.6 Å². The quantitative estimate of drug-likeness (QED) is 0.219. The Hall–Kier alpha value is -0.390. The molecule has 2 rings (SSSR count). The van der Waals surface area contributed by atoms with Gasteiger partial charge in [0.05, 0.1) is 14.6 Å². The van der Waals surface area contributed by atoms with Crippen molar-refractivity contribution in [1.29, 1.82) is 0 Å². The van der Waals surface area contributed by atoms with Crippen LogP contribution >= 0.6 is 34.4 Å². The third-order valence-corrected chi connectivity index (χ3v) is 8.88. The largest absolute Gasteiger partial charge is 0.205 e. The van der Waals surface area contributed by atoms with Crippen LogP contribution in [0.3, 0.4) is 0 Å². The Morgan fingerprint density at radius 2 is 1.18 bits per heavy atom. The van der Waals surface area contributed by atoms with Gasteiger partial charge in [-0.2, -0.15) is 0 Å². The number of unbranched alkanes of at least 4 members (excludes halogenated alkanes) is 9. The molecule has 5 heteroatoms. The molecule has 0 saturated heterocycles. The van der Waals surface area contributed by atoms with Crippen LogP contribution in [0.15, 0.2) is 4.90 Å². The van der Waals surface area contributed by atoms with E-state index in [9.17, 15) is 8.78 Å². The lowest BCUT2D eigenvalue weighted by Gasteiger charge is -2.05. The first kappa shape index (κ1) is 23.9. The van der Waals surface area contributed by atoms with E-state index in [4.69, 9.17) is 0 Å². The summed E-state index contributed by atoms with van der Waals surface area (Å²) in [5.41, 5.74) is 0.657. The van der Waals surface area contributed by atoms with E-state index in [0.29, 0.717) is 15.3 Å². The minimum Gasteiger partial charge on any atom is -0.205 e. The molecule has 0 radical (unpaired) electrons. The Morgan fingerprint density at radius 1 is 0.679 bits per heavy atom. The third kappa shape index (κ3) is 6.56. The molecule has 0 aromatic carbocycles. The van der Waals surface area contributed by atoms with E-state index < -0.39 is 0 Å². The summed E-state index contributed by atoms with van der Waals surface area (Å²) in [6, 6.07) is 0. The summed E-state index contributed by atoms with van der Waals surface area (Å²) in [4.78, 5) is 3.93. The Balaban J connectivity index is 1.78. The van der Waals surface area contributed by atoms with Gasteiger partial charge in [0.25, 0.3) is 0 Å². The van der Waals surface area contributed by atoms with Crippen molar-refractivity contribution in [3.05, 3.63) is 27.0 Å². The van der Waals surface area contributed by atoms with Gasteiger partial charge >= 0.3 is 0 Å². The van der Waals surface area contributed by atoms with E-state index in [1.807, 2.05) is 6.92 Å². The molecular formula is C23H34F2S3. The van der Waals surface area contributed by atoms with E-state index in [-0.39, 0.29) is 11.6 Å². The van der Waals surface area contributed by atoms with Crippen LogP contribution in [0.25, 0.3) is 9.75 Å². The molecule has 0 bridgehead atoms. The lowest BCUT2D eigenvalue weighted by atomic mass is 10.1. The minimum atomic E-state index is -0.142. The average molecular weight is 445 g/mol. The maximum Gasteiger partial charge on any atom is 0.151 e. The second kappa shape index (κ2) is 12.3. The lowest BCUT2D eigenvalue weighted by Crippen LogP contribution is -1.86. The third-order valence-electron chi connectivity index (χ3n) is 5.15. The highest BCUT2D eigenvalue weighted by molar-refractivity contribution is 7.99. The number of hydrogen-bond acceptors (Lipinski definition) is 3. The molecule has 0 nitrogen and oxygen atoms in total. The highest BCUT2D eigenvalue weighted by Crippen LogP contribution is 2.46. The van der Waals surface area contributed by atoms with Crippen LogP contribution in [0.2, 0.25) is 0 Å². The second-order valence-corrected chi connectivity index (χ2v) is 11.1. The van der Waals surface area contributed by atoms with Crippen molar-refractivity contribution in [1.82, 2.24) is 0 Å². The van der Waals surface area contributed by atoms with Crippen molar-refractivity contribution in [2.75, 3.05) is 5.75 Å². The monoisotopic (exact) mass is 444 g/mol. The summed E-state index contributed by atoms with van der Waals surface area (Å²) in [6.45, 7) is 7.67. The fourth-order valence-corrected chi connectivity index (χ4v) is 7.06. The Kier molecular flexibility index (Phi) is 10.5. The van der Waals surface area contributed by atoms with Crippen LogP contribution < -0.4 is 0 Å². The van der Waals surface area contributed by atoms with Gasteiger partial charge in [0.1, 0.15) is 5.82 Å². The van der Waals surface area contributed by atoms with Crippen LogP contribution in [-0.4, -0.2) is 5.75 Å². The van der Waals surface area contributed by atoms with Gasteiger partial charge in [-0.15, -0.1) is 34.4 Å². The number of rotatable bonds is 13. The van der Waals surface area contributed by atoms with Crippen molar-refractivity contribution in [3.63, 3.8) is 0 Å². The topological polar surface area (TPSA) is 0 Å². The zero-order valence-corrected chi connectivity index (χ0v) is 20.2. The molecule has 0 aliphatic heterocycles. The van der Waals surface area contributed by atoms with Gasteiger partial charge in [-0.1, -0.05) is 64.7 Å². The molecule has 28 heavy (non-hydrogen) atoms. The van der Waals surface area contributed by atoms with Gasteiger partial charge in [-0.05, 0) is 32.9 Å². The molecule has 0 N–H and O–H groups in total. The molecule has 0 atom stereocenters. The van der Waals surface area contributed by atoms with Gasteiger partial charge in [-0.25, -0.2) is 8.78 Å². The highest BCUT2D eigenvalue weighted by atomic mass is 32.2. The van der Waals surface area contributed by atoms with Crippen LogP contribution in [-0.2, 0) is 0 Å². The number of aryl methyl sites for hydroxylation is 2. The summed E-state index contributed by atoms with van der Waals surface area (Å²) < 4.78 is 28.8. The van der Waals surface area contributed by atoms with Gasteiger partial charge < -0.3 is 0 Å². The summed E-state index contributed by atoms with van der Waals surface area (Å²) >= 11 is 4.52. The molecule has 0 aliphatic carbocycles. The maximum absolute atomic E-state index is 14.7. The SMILES string of the molecule is CCCCCCCCCCCCSc1c(-c2sc(C)c(F)c2C)sc(C)c1F. The second-order valence-electron chi connectivity index (χ2n) is 7.59. The molecular weight excluding hydrogens is 410 g/mol. The fourth-order valence-electron chi connectivity index (χ4n) is 3.40. The molecule has 0 unspecified atom stereocenters. The normalized spacial score (nSPS) is 11.5. The predicted molar refractivity (Wildman–Crippen MR) is 124 cm³/mol. The zero-order valence-electron chi connectivity index (χ0n) is 17.8. The van der Waals surface area contributed by atoms with E-state index in [2.05, 4.69) is 6.92 Å². The van der Waals surface area contributed by atoms with Gasteiger partial charge in [0.2, 0.25) is 0 Å². The first-order valence-electron chi connectivity index (χ1n) is 10.6. The van der Waals surface area contributed by atoms with Gasteiger partial charge in [0, 0.05) is 15.3 Å². The van der Waals surface area contributed by atoms with E-state index in [1.165, 1.54) is 80.5 Å². The van der Waals surface area contributed by atoms with Crippen LogP contribution in [0.4, 0.5) is 8.78 Å². The number of thiophene rings is 2. The van der Waals surface area contributed by atoms with Crippen molar-refractivity contribution >= 4 is 34.4 Å². The molecule has 0 fully saturated rings.